The Morgan fingerprint density at radius 3 is 2.18 bits per heavy atom. The van der Waals surface area contributed by atoms with Gasteiger partial charge in [-0.1, -0.05) is 83.9 Å². The molecule has 4 fully saturated rings. The van der Waals surface area contributed by atoms with Gasteiger partial charge < -0.3 is 33.9 Å². The molecule has 2 bridgehead atoms. The van der Waals surface area contributed by atoms with Gasteiger partial charge in [0, 0.05) is 44.0 Å². The van der Waals surface area contributed by atoms with Gasteiger partial charge >= 0.3 is 12.1 Å². The second-order valence-corrected chi connectivity index (χ2v) is 16.7. The van der Waals surface area contributed by atoms with Crippen molar-refractivity contribution in [2.75, 3.05) is 46.9 Å². The number of halogens is 2. The van der Waals surface area contributed by atoms with E-state index in [2.05, 4.69) is 15.2 Å². The summed E-state index contributed by atoms with van der Waals surface area (Å²) >= 11 is 12.9. The van der Waals surface area contributed by atoms with Crippen molar-refractivity contribution in [3.8, 4) is 17.2 Å². The van der Waals surface area contributed by atoms with Crippen molar-refractivity contribution in [2.24, 2.45) is 11.8 Å². The van der Waals surface area contributed by atoms with Crippen LogP contribution in [-0.2, 0) is 27.3 Å². The van der Waals surface area contributed by atoms with E-state index in [1.807, 2.05) is 66.7 Å². The summed E-state index contributed by atoms with van der Waals surface area (Å²) in [5, 5.41) is 3.83. The lowest BCUT2D eigenvalue weighted by molar-refractivity contribution is -0.159. The predicted octanol–water partition coefficient (Wildman–Crippen LogP) is 8.49. The first kappa shape index (κ1) is 42.9. The zero-order chi connectivity index (χ0) is 43.2. The number of esters is 1. The third kappa shape index (κ3) is 9.94. The van der Waals surface area contributed by atoms with Crippen LogP contribution in [0.4, 0.5) is 4.79 Å². The molecule has 0 spiro atoms. The first-order chi connectivity index (χ1) is 30.1. The van der Waals surface area contributed by atoms with Crippen molar-refractivity contribution in [1.29, 1.82) is 0 Å². The van der Waals surface area contributed by atoms with Crippen molar-refractivity contribution >= 4 is 41.2 Å². The Hall–Kier alpha value is -5.82. The Morgan fingerprint density at radius 2 is 1.50 bits per heavy atom. The molecular weight excluding hydrogens is 831 g/mol. The van der Waals surface area contributed by atoms with Crippen LogP contribution in [0.3, 0.4) is 0 Å². The van der Waals surface area contributed by atoms with E-state index < -0.39 is 30.1 Å². The maximum Gasteiger partial charge on any atom is 0.408 e. The highest BCUT2D eigenvalue weighted by Gasteiger charge is 2.39. The summed E-state index contributed by atoms with van der Waals surface area (Å²) in [7, 11) is 3.07. The molecule has 12 nitrogen and oxygen atoms in total. The number of nitrogens with zero attached hydrogens (tertiary/aromatic N) is 3. The van der Waals surface area contributed by atoms with Crippen molar-refractivity contribution in [1.82, 2.24) is 20.1 Å². The van der Waals surface area contributed by atoms with Crippen molar-refractivity contribution in [3.05, 3.63) is 153 Å². The number of fused-ring (bicyclic) bond motifs is 3. The molecule has 0 aliphatic carbocycles. The summed E-state index contributed by atoms with van der Waals surface area (Å²) in [5.41, 5.74) is 4.40. The molecule has 4 aliphatic rings. The fourth-order valence-electron chi connectivity index (χ4n) is 8.34. The number of carbonyl (C=O) groups excluding carboxylic acids is 3. The van der Waals surface area contributed by atoms with Crippen molar-refractivity contribution in [3.63, 3.8) is 0 Å². The van der Waals surface area contributed by atoms with Crippen LogP contribution in [0.2, 0.25) is 10.0 Å². The third-order valence-corrected chi connectivity index (χ3v) is 12.6. The summed E-state index contributed by atoms with van der Waals surface area (Å²) in [4.78, 5) is 48.3. The number of pyridine rings is 1. The summed E-state index contributed by atoms with van der Waals surface area (Å²) in [6.45, 7) is 3.61. The normalized spacial score (nSPS) is 19.1. The van der Waals surface area contributed by atoms with Crippen LogP contribution in [0, 0.1) is 11.8 Å². The van der Waals surface area contributed by atoms with Crippen LogP contribution in [0.25, 0.3) is 0 Å². The van der Waals surface area contributed by atoms with Gasteiger partial charge in [0.15, 0.2) is 11.5 Å². The van der Waals surface area contributed by atoms with E-state index in [4.69, 9.17) is 46.9 Å². The predicted molar refractivity (Wildman–Crippen MR) is 234 cm³/mol. The highest BCUT2D eigenvalue weighted by atomic mass is 35.5. The minimum atomic E-state index is -0.757. The number of aromatic nitrogens is 1. The van der Waals surface area contributed by atoms with E-state index in [1.165, 1.54) is 19.5 Å². The van der Waals surface area contributed by atoms with Crippen LogP contribution in [0.5, 0.6) is 17.2 Å². The van der Waals surface area contributed by atoms with Gasteiger partial charge in [0.1, 0.15) is 24.6 Å². The van der Waals surface area contributed by atoms with Gasteiger partial charge in [0.25, 0.3) is 5.91 Å². The molecule has 62 heavy (non-hydrogen) atoms. The molecule has 1 N–H and O–H groups in total. The van der Waals surface area contributed by atoms with E-state index in [-0.39, 0.29) is 38.1 Å². The topological polar surface area (TPSA) is 129 Å². The molecule has 0 saturated carbocycles. The summed E-state index contributed by atoms with van der Waals surface area (Å²) < 4.78 is 29.2. The van der Waals surface area contributed by atoms with Crippen molar-refractivity contribution in [2.45, 2.75) is 44.1 Å². The molecule has 0 unspecified atom stereocenters. The Bertz CT molecular complexity index is 2350. The van der Waals surface area contributed by atoms with Gasteiger partial charge in [-0.3, -0.25) is 19.5 Å². The minimum absolute atomic E-state index is 0.0995. The highest BCUT2D eigenvalue weighted by molar-refractivity contribution is 6.35. The van der Waals surface area contributed by atoms with Gasteiger partial charge in [-0.05, 0) is 96.1 Å². The quantitative estimate of drug-likeness (QED) is 0.102. The molecular formula is C48H48Cl2N4O8. The number of benzene rings is 4. The molecule has 5 heterocycles. The van der Waals surface area contributed by atoms with Crippen LogP contribution in [-0.4, -0.2) is 85.8 Å². The van der Waals surface area contributed by atoms with E-state index in [0.717, 1.165) is 49.2 Å². The van der Waals surface area contributed by atoms with E-state index >= 15 is 0 Å². The second-order valence-electron chi connectivity index (χ2n) is 15.9. The fraction of sp³-hybridized carbons (Fsp3) is 0.333. The largest absolute Gasteiger partial charge is 0.493 e. The lowest BCUT2D eigenvalue weighted by atomic mass is 9.86. The molecule has 4 aliphatic heterocycles. The fourth-order valence-corrected chi connectivity index (χ4v) is 8.86. The first-order valence-electron chi connectivity index (χ1n) is 20.7. The van der Waals surface area contributed by atoms with Gasteiger partial charge in [0.2, 0.25) is 0 Å². The SMILES string of the molecule is COc1ccc([C@H](Cc2c(Cl)cncc2Cl)OC(=O)C2CN(C(=O)c3ccc(COc4cccc([C@@H](NC(=O)O[C@H]5CN6CCC5CC6)c5ccccc5)c4)cc3)C2)cc1OC. The first-order valence-corrected chi connectivity index (χ1v) is 21.5. The monoisotopic (exact) mass is 878 g/mol. The number of alkyl carbamates (subject to hydrolysis) is 1. The number of hydrogen-bond donors (Lipinski definition) is 1. The van der Waals surface area contributed by atoms with Gasteiger partial charge in [0.05, 0.1) is 36.2 Å². The van der Waals surface area contributed by atoms with Gasteiger partial charge in [-0.2, -0.15) is 0 Å². The Balaban J connectivity index is 0.862. The van der Waals surface area contributed by atoms with Crippen LogP contribution in [0.15, 0.2) is 109 Å². The third-order valence-electron chi connectivity index (χ3n) is 11.9. The number of carbonyl (C=O) groups is 3. The molecule has 4 aromatic carbocycles. The van der Waals surface area contributed by atoms with E-state index in [9.17, 15) is 14.4 Å². The molecule has 0 radical (unpaired) electrons. The number of piperidine rings is 3. The van der Waals surface area contributed by atoms with Crippen molar-refractivity contribution < 1.29 is 38.1 Å². The molecule has 5 aromatic rings. The smallest absolute Gasteiger partial charge is 0.408 e. The number of amides is 2. The maximum absolute atomic E-state index is 13.5. The molecule has 2 amide bonds. The molecule has 14 heteroatoms. The Morgan fingerprint density at radius 1 is 0.790 bits per heavy atom. The average molecular weight is 880 g/mol. The molecule has 322 valence electrons. The van der Waals surface area contributed by atoms with Gasteiger partial charge in [-0.15, -0.1) is 0 Å². The number of likely N-dealkylation sites (tertiary alicyclic amines) is 1. The van der Waals surface area contributed by atoms with Crippen LogP contribution in [0.1, 0.15) is 63.2 Å². The van der Waals surface area contributed by atoms with E-state index in [1.54, 1.807) is 42.3 Å². The number of rotatable bonds is 15. The molecule has 9 rings (SSSR count). The number of hydrogen-bond acceptors (Lipinski definition) is 10. The molecule has 3 atom stereocenters. The number of nitrogens with one attached hydrogen (secondary N) is 1. The molecule has 1 aromatic heterocycles. The Labute approximate surface area is 371 Å². The van der Waals surface area contributed by atoms with Gasteiger partial charge in [-0.25, -0.2) is 4.79 Å². The Kier molecular flexibility index (Phi) is 13.5. The lowest BCUT2D eigenvalue weighted by Crippen LogP contribution is -2.53. The summed E-state index contributed by atoms with van der Waals surface area (Å²) in [6.07, 6.45) is 4.01. The average Bonchev–Trinajstić information content (AvgIpc) is 3.28. The standard InChI is InChI=1S/C48H48Cl2N4O8/c1-58-41-16-15-34(22-43(41)59-2)42(23-38-39(49)24-51-25-40(38)50)61-47(56)36-26-54(27-36)46(55)33-13-11-30(12-14-33)29-60-37-10-6-9-35(21-37)45(32-7-4-3-5-8-32)52-48(57)62-44-28-53-19-17-31(44)18-20-53/h3-16,21-22,24-25,31,36,42,44-45H,17-20,23,26-29H2,1-2H3,(H,52,57)/t42-,44-,45-/m0/s1. The zero-order valence-electron chi connectivity index (χ0n) is 34.5. The van der Waals surface area contributed by atoms with Crippen LogP contribution < -0.4 is 19.5 Å². The summed E-state index contributed by atoms with van der Waals surface area (Å²) in [5.74, 6) is 0.905. The van der Waals surface area contributed by atoms with E-state index in [0.29, 0.717) is 49.9 Å². The minimum Gasteiger partial charge on any atom is -0.493 e. The second kappa shape index (κ2) is 19.5. The maximum atomic E-state index is 13.5. The summed E-state index contributed by atoms with van der Waals surface area (Å²) in [6, 6.07) is 29.5. The zero-order valence-corrected chi connectivity index (χ0v) is 36.0. The molecule has 4 saturated heterocycles. The number of methoxy groups -OCH3 is 2. The lowest BCUT2D eigenvalue weighted by Gasteiger charge is -2.43. The number of ether oxygens (including phenoxy) is 5. The van der Waals surface area contributed by atoms with Crippen LogP contribution >= 0.6 is 23.2 Å². The highest BCUT2D eigenvalue weighted by Crippen LogP contribution is 2.37.